The van der Waals surface area contributed by atoms with Gasteiger partial charge in [0.15, 0.2) is 0 Å². The van der Waals surface area contributed by atoms with Crippen molar-refractivity contribution in [2.24, 2.45) is 0 Å². The summed E-state index contributed by atoms with van der Waals surface area (Å²) in [5, 5.41) is 3.40. The van der Waals surface area contributed by atoms with E-state index in [-0.39, 0.29) is 5.97 Å². The fraction of sp³-hybridized carbons (Fsp3) is 0.261. The Hall–Kier alpha value is -3.41. The van der Waals surface area contributed by atoms with Crippen LogP contribution in [0.3, 0.4) is 0 Å². The van der Waals surface area contributed by atoms with E-state index in [0.29, 0.717) is 5.56 Å². The summed E-state index contributed by atoms with van der Waals surface area (Å²) in [6.45, 7) is 4.23. The number of nitrogens with zero attached hydrogens (tertiary/aromatic N) is 3. The Kier molecular flexibility index (Phi) is 5.42. The molecule has 0 radical (unpaired) electrons. The molecule has 0 atom stereocenters. The van der Waals surface area contributed by atoms with Crippen LogP contribution in [0.1, 0.15) is 32.9 Å². The number of anilines is 2. The van der Waals surface area contributed by atoms with Crippen LogP contribution in [0.4, 0.5) is 11.6 Å². The van der Waals surface area contributed by atoms with Gasteiger partial charge < -0.3 is 15.0 Å². The second-order valence-corrected chi connectivity index (χ2v) is 7.14. The average molecular weight is 388 g/mol. The summed E-state index contributed by atoms with van der Waals surface area (Å²) in [6, 6.07) is 18.0. The highest BCUT2D eigenvalue weighted by Gasteiger charge is 2.20. The lowest BCUT2D eigenvalue weighted by Gasteiger charge is -2.30. The molecule has 6 heteroatoms. The van der Waals surface area contributed by atoms with Crippen LogP contribution < -0.4 is 10.2 Å². The summed E-state index contributed by atoms with van der Waals surface area (Å²) >= 11 is 0. The van der Waals surface area contributed by atoms with Gasteiger partial charge in [-0.1, -0.05) is 36.4 Å². The number of fused-ring (bicyclic) bond motifs is 1. The summed E-state index contributed by atoms with van der Waals surface area (Å²) in [7, 11) is 1.41. The van der Waals surface area contributed by atoms with Gasteiger partial charge in [0, 0.05) is 25.7 Å². The predicted molar refractivity (Wildman–Crippen MR) is 113 cm³/mol. The van der Waals surface area contributed by atoms with Gasteiger partial charge in [-0.25, -0.2) is 14.8 Å². The van der Waals surface area contributed by atoms with Gasteiger partial charge in [0.1, 0.15) is 17.5 Å². The van der Waals surface area contributed by atoms with Crippen LogP contribution >= 0.6 is 0 Å². The van der Waals surface area contributed by atoms with E-state index in [0.717, 1.165) is 43.5 Å². The largest absolute Gasteiger partial charge is 0.465 e. The molecule has 0 fully saturated rings. The van der Waals surface area contributed by atoms with Crippen molar-refractivity contribution in [2.75, 3.05) is 23.9 Å². The monoisotopic (exact) mass is 388 g/mol. The molecule has 148 valence electrons. The lowest BCUT2D eigenvalue weighted by atomic mass is 9.97. The molecule has 1 aliphatic heterocycles. The van der Waals surface area contributed by atoms with Crippen molar-refractivity contribution in [1.29, 1.82) is 0 Å². The van der Waals surface area contributed by atoms with Crippen molar-refractivity contribution >= 4 is 17.6 Å². The van der Waals surface area contributed by atoms with E-state index in [2.05, 4.69) is 32.3 Å². The molecule has 1 N–H and O–H groups in total. The molecule has 0 saturated carbocycles. The van der Waals surface area contributed by atoms with Crippen molar-refractivity contribution in [1.82, 2.24) is 9.97 Å². The van der Waals surface area contributed by atoms with E-state index in [1.54, 1.807) is 0 Å². The number of carbonyl (C=O) groups is 1. The van der Waals surface area contributed by atoms with E-state index >= 15 is 0 Å². The lowest BCUT2D eigenvalue weighted by molar-refractivity contribution is 0.0600. The maximum absolute atomic E-state index is 11.8. The fourth-order valence-corrected chi connectivity index (χ4v) is 3.59. The number of nitrogens with one attached hydrogen (secondary N) is 1. The number of benzene rings is 2. The Morgan fingerprint density at radius 3 is 2.72 bits per heavy atom. The van der Waals surface area contributed by atoms with Crippen LogP contribution in [0, 0.1) is 6.92 Å². The van der Waals surface area contributed by atoms with Crippen LogP contribution in [0.5, 0.6) is 0 Å². The lowest BCUT2D eigenvalue weighted by Crippen LogP contribution is -2.31. The quantitative estimate of drug-likeness (QED) is 0.672. The predicted octanol–water partition coefficient (Wildman–Crippen LogP) is 3.75. The van der Waals surface area contributed by atoms with Crippen LogP contribution in [0.25, 0.3) is 0 Å². The SMILES string of the molecule is COC(=O)c1ccc2c(c1)CCN(c1cc(NCc3ccccc3)nc(C)n1)C2. The number of aryl methyl sites for hydroxylation is 1. The van der Waals surface area contributed by atoms with Crippen LogP contribution in [0.15, 0.2) is 54.6 Å². The third kappa shape index (κ3) is 4.37. The van der Waals surface area contributed by atoms with Crippen molar-refractivity contribution in [3.63, 3.8) is 0 Å². The first-order chi connectivity index (χ1) is 14.1. The summed E-state index contributed by atoms with van der Waals surface area (Å²) in [5.74, 6) is 2.18. The number of rotatable bonds is 5. The smallest absolute Gasteiger partial charge is 0.337 e. The first kappa shape index (κ1) is 18.9. The zero-order chi connectivity index (χ0) is 20.2. The molecule has 0 saturated heterocycles. The molecule has 0 spiro atoms. The molecule has 1 aliphatic rings. The number of esters is 1. The summed E-state index contributed by atoms with van der Waals surface area (Å²) in [6.07, 6.45) is 0.857. The Labute approximate surface area is 170 Å². The minimum Gasteiger partial charge on any atom is -0.465 e. The van der Waals surface area contributed by atoms with Gasteiger partial charge >= 0.3 is 5.97 Å². The van der Waals surface area contributed by atoms with E-state index in [4.69, 9.17) is 4.74 Å². The van der Waals surface area contributed by atoms with Gasteiger partial charge in [-0.15, -0.1) is 0 Å². The zero-order valence-electron chi connectivity index (χ0n) is 16.7. The molecule has 0 aliphatic carbocycles. The normalized spacial score (nSPS) is 13.0. The fourth-order valence-electron chi connectivity index (χ4n) is 3.59. The van der Waals surface area contributed by atoms with E-state index in [1.807, 2.05) is 49.4 Å². The van der Waals surface area contributed by atoms with Gasteiger partial charge in [0.2, 0.25) is 0 Å². The molecule has 29 heavy (non-hydrogen) atoms. The third-order valence-electron chi connectivity index (χ3n) is 5.10. The zero-order valence-corrected chi connectivity index (χ0v) is 16.7. The van der Waals surface area contributed by atoms with Gasteiger partial charge in [-0.2, -0.15) is 0 Å². The number of hydrogen-bond acceptors (Lipinski definition) is 6. The number of aromatic nitrogens is 2. The highest BCUT2D eigenvalue weighted by molar-refractivity contribution is 5.89. The summed E-state index contributed by atoms with van der Waals surface area (Å²) < 4.78 is 4.83. The number of carbonyl (C=O) groups excluding carboxylic acids is 1. The van der Waals surface area contributed by atoms with Gasteiger partial charge in [-0.3, -0.25) is 0 Å². The maximum Gasteiger partial charge on any atom is 0.337 e. The van der Waals surface area contributed by atoms with Crippen LogP contribution in [-0.2, 0) is 24.2 Å². The molecule has 0 amide bonds. The van der Waals surface area contributed by atoms with E-state index < -0.39 is 0 Å². The first-order valence-electron chi connectivity index (χ1n) is 9.71. The molecule has 6 nitrogen and oxygen atoms in total. The van der Waals surface area contributed by atoms with Crippen LogP contribution in [0.2, 0.25) is 0 Å². The molecule has 2 aromatic carbocycles. The molecule has 0 bridgehead atoms. The number of hydrogen-bond donors (Lipinski definition) is 1. The van der Waals surface area contributed by atoms with Gasteiger partial charge in [-0.05, 0) is 42.2 Å². The number of methoxy groups -OCH3 is 1. The summed E-state index contributed by atoms with van der Waals surface area (Å²) in [5.41, 5.74) is 4.21. The maximum atomic E-state index is 11.8. The van der Waals surface area contributed by atoms with Crippen LogP contribution in [-0.4, -0.2) is 29.6 Å². The Morgan fingerprint density at radius 1 is 1.10 bits per heavy atom. The van der Waals surface area contributed by atoms with Gasteiger partial charge in [0.05, 0.1) is 12.7 Å². The highest BCUT2D eigenvalue weighted by atomic mass is 16.5. The van der Waals surface area contributed by atoms with Gasteiger partial charge in [0.25, 0.3) is 0 Å². The molecule has 2 heterocycles. The Balaban J connectivity index is 1.50. The molecule has 3 aromatic rings. The molecule has 1 aromatic heterocycles. The minimum absolute atomic E-state index is 0.296. The minimum atomic E-state index is -0.296. The molecule has 0 unspecified atom stereocenters. The van der Waals surface area contributed by atoms with E-state index in [1.165, 1.54) is 23.8 Å². The average Bonchev–Trinajstić information content (AvgIpc) is 2.76. The Bertz CT molecular complexity index is 1020. The summed E-state index contributed by atoms with van der Waals surface area (Å²) in [4.78, 5) is 23.2. The highest BCUT2D eigenvalue weighted by Crippen LogP contribution is 2.26. The van der Waals surface area contributed by atoms with Crippen molar-refractivity contribution in [2.45, 2.75) is 26.4 Å². The van der Waals surface area contributed by atoms with Crippen molar-refractivity contribution < 1.29 is 9.53 Å². The third-order valence-corrected chi connectivity index (χ3v) is 5.10. The number of ether oxygens (including phenoxy) is 1. The second-order valence-electron chi connectivity index (χ2n) is 7.14. The first-order valence-corrected chi connectivity index (χ1v) is 9.71. The molecule has 4 rings (SSSR count). The van der Waals surface area contributed by atoms with Crippen molar-refractivity contribution in [3.8, 4) is 0 Å². The Morgan fingerprint density at radius 2 is 1.93 bits per heavy atom. The van der Waals surface area contributed by atoms with E-state index in [9.17, 15) is 4.79 Å². The van der Waals surface area contributed by atoms with Crippen molar-refractivity contribution in [3.05, 3.63) is 82.7 Å². The topological polar surface area (TPSA) is 67.3 Å². The molecular formula is C23H24N4O2. The second kappa shape index (κ2) is 8.31. The molecular weight excluding hydrogens is 364 g/mol. The standard InChI is InChI=1S/C23H24N4O2/c1-16-25-21(24-14-17-6-4-3-5-7-17)13-22(26-16)27-11-10-18-12-19(23(28)29-2)8-9-20(18)15-27/h3-9,12-13H,10-11,14-15H2,1-2H3,(H,24,25,26).